The van der Waals surface area contributed by atoms with E-state index < -0.39 is 0 Å². The molecule has 1 saturated carbocycles. The zero-order chi connectivity index (χ0) is 11.4. The van der Waals surface area contributed by atoms with Crippen molar-refractivity contribution in [3.8, 4) is 0 Å². The Bertz CT molecular complexity index is 330. The first-order chi connectivity index (χ1) is 7.76. The zero-order valence-electron chi connectivity index (χ0n) is 9.82. The van der Waals surface area contributed by atoms with E-state index in [9.17, 15) is 5.11 Å². The molecule has 0 aliphatic heterocycles. The summed E-state index contributed by atoms with van der Waals surface area (Å²) in [6, 6.07) is 0. The number of aliphatic hydroxyl groups is 1. The largest absolute Gasteiger partial charge is 0.394 e. The highest BCUT2D eigenvalue weighted by Gasteiger charge is 2.30. The van der Waals surface area contributed by atoms with Crippen LogP contribution in [0.2, 0.25) is 0 Å². The Labute approximate surface area is 95.9 Å². The molecule has 1 aliphatic rings. The number of aryl methyl sites for hydroxylation is 1. The second-order valence-corrected chi connectivity index (χ2v) is 4.65. The molecule has 0 bridgehead atoms. The van der Waals surface area contributed by atoms with Gasteiger partial charge in [0.1, 0.15) is 12.2 Å². The molecule has 0 unspecified atom stereocenters. The summed E-state index contributed by atoms with van der Waals surface area (Å²) in [6.07, 6.45) is 7.36. The number of hydrogen-bond acceptors (Lipinski definition) is 4. The first-order valence-electron chi connectivity index (χ1n) is 5.94. The maximum atomic E-state index is 9.53. The Morgan fingerprint density at radius 1 is 1.44 bits per heavy atom. The molecule has 2 N–H and O–H groups in total. The molecule has 5 heteroatoms. The van der Waals surface area contributed by atoms with Crippen LogP contribution in [0.1, 0.15) is 37.9 Å². The van der Waals surface area contributed by atoms with Gasteiger partial charge in [-0.15, -0.1) is 0 Å². The fraction of sp³-hybridized carbons (Fsp3) is 0.818. The lowest BCUT2D eigenvalue weighted by atomic mass is 9.82. The topological polar surface area (TPSA) is 63.0 Å². The van der Waals surface area contributed by atoms with Crippen LogP contribution in [0.3, 0.4) is 0 Å². The van der Waals surface area contributed by atoms with Gasteiger partial charge in [-0.3, -0.25) is 4.68 Å². The van der Waals surface area contributed by atoms with E-state index in [1.54, 1.807) is 11.0 Å². The van der Waals surface area contributed by atoms with Gasteiger partial charge in [0.25, 0.3) is 0 Å². The van der Waals surface area contributed by atoms with Crippen LogP contribution in [0.4, 0.5) is 0 Å². The van der Waals surface area contributed by atoms with E-state index in [2.05, 4.69) is 15.4 Å². The van der Waals surface area contributed by atoms with Crippen molar-refractivity contribution >= 4 is 0 Å². The Balaban J connectivity index is 1.94. The summed E-state index contributed by atoms with van der Waals surface area (Å²) in [7, 11) is 1.89. The molecule has 90 valence electrons. The molecule has 2 rings (SSSR count). The van der Waals surface area contributed by atoms with E-state index in [1.165, 1.54) is 19.3 Å². The fourth-order valence-corrected chi connectivity index (χ4v) is 2.37. The summed E-state index contributed by atoms with van der Waals surface area (Å²) in [4.78, 5) is 4.17. The van der Waals surface area contributed by atoms with Crippen molar-refractivity contribution in [3.63, 3.8) is 0 Å². The number of nitrogens with one attached hydrogen (secondary N) is 1. The summed E-state index contributed by atoms with van der Waals surface area (Å²) in [5.41, 5.74) is -0.0931. The smallest absolute Gasteiger partial charge is 0.140 e. The van der Waals surface area contributed by atoms with Crippen LogP contribution in [-0.2, 0) is 13.6 Å². The molecule has 1 fully saturated rings. The number of aromatic nitrogens is 3. The Morgan fingerprint density at radius 2 is 2.19 bits per heavy atom. The second kappa shape index (κ2) is 4.93. The summed E-state index contributed by atoms with van der Waals surface area (Å²) in [6.45, 7) is 0.891. The highest BCUT2D eigenvalue weighted by atomic mass is 16.3. The van der Waals surface area contributed by atoms with Gasteiger partial charge in [0.2, 0.25) is 0 Å². The van der Waals surface area contributed by atoms with Crippen LogP contribution in [0.25, 0.3) is 0 Å². The van der Waals surface area contributed by atoms with Crippen molar-refractivity contribution in [1.82, 2.24) is 20.1 Å². The number of hydrogen-bond donors (Lipinski definition) is 2. The summed E-state index contributed by atoms with van der Waals surface area (Å²) in [5, 5.41) is 17.0. The summed E-state index contributed by atoms with van der Waals surface area (Å²) in [5.74, 6) is 0.915. The number of aliphatic hydroxyl groups excluding tert-OH is 1. The van der Waals surface area contributed by atoms with Gasteiger partial charge >= 0.3 is 0 Å². The lowest BCUT2D eigenvalue weighted by Gasteiger charge is -2.36. The minimum absolute atomic E-state index is 0.0931. The van der Waals surface area contributed by atoms with Gasteiger partial charge in [-0.1, -0.05) is 19.3 Å². The third kappa shape index (κ3) is 2.41. The lowest BCUT2D eigenvalue weighted by molar-refractivity contribution is 0.118. The molecule has 0 spiro atoms. The molecular weight excluding hydrogens is 204 g/mol. The predicted molar refractivity (Wildman–Crippen MR) is 60.7 cm³/mol. The van der Waals surface area contributed by atoms with Crippen molar-refractivity contribution in [2.45, 2.75) is 44.2 Å². The first kappa shape index (κ1) is 11.5. The fourth-order valence-electron chi connectivity index (χ4n) is 2.37. The Hall–Kier alpha value is -0.940. The zero-order valence-corrected chi connectivity index (χ0v) is 9.82. The van der Waals surface area contributed by atoms with Gasteiger partial charge in [0.05, 0.1) is 13.2 Å². The van der Waals surface area contributed by atoms with Crippen LogP contribution in [0.5, 0.6) is 0 Å². The molecular formula is C11H20N4O. The van der Waals surface area contributed by atoms with Crippen molar-refractivity contribution in [3.05, 3.63) is 12.2 Å². The highest BCUT2D eigenvalue weighted by Crippen LogP contribution is 2.27. The monoisotopic (exact) mass is 224 g/mol. The lowest BCUT2D eigenvalue weighted by Crippen LogP contribution is -2.49. The van der Waals surface area contributed by atoms with E-state index >= 15 is 0 Å². The van der Waals surface area contributed by atoms with E-state index in [0.717, 1.165) is 18.7 Å². The minimum Gasteiger partial charge on any atom is -0.394 e. The third-order valence-corrected chi connectivity index (χ3v) is 3.54. The molecule has 5 nitrogen and oxygen atoms in total. The summed E-state index contributed by atoms with van der Waals surface area (Å²) >= 11 is 0. The van der Waals surface area contributed by atoms with E-state index in [0.29, 0.717) is 6.54 Å². The van der Waals surface area contributed by atoms with Crippen molar-refractivity contribution < 1.29 is 5.11 Å². The molecule has 16 heavy (non-hydrogen) atoms. The average molecular weight is 224 g/mol. The van der Waals surface area contributed by atoms with Gasteiger partial charge in [0, 0.05) is 12.6 Å². The normalized spacial score (nSPS) is 19.9. The molecule has 0 saturated heterocycles. The highest BCUT2D eigenvalue weighted by molar-refractivity contribution is 4.93. The maximum absolute atomic E-state index is 9.53. The van der Waals surface area contributed by atoms with Gasteiger partial charge in [0.15, 0.2) is 0 Å². The van der Waals surface area contributed by atoms with Crippen molar-refractivity contribution in [1.29, 1.82) is 0 Å². The molecule has 1 aliphatic carbocycles. The molecule has 0 aromatic carbocycles. The molecule has 1 aromatic heterocycles. The maximum Gasteiger partial charge on any atom is 0.140 e. The molecule has 0 atom stereocenters. The first-order valence-corrected chi connectivity index (χ1v) is 5.94. The van der Waals surface area contributed by atoms with Crippen LogP contribution in [0, 0.1) is 0 Å². The SMILES string of the molecule is Cn1ncnc1CNC1(CO)CCCCC1. The van der Waals surface area contributed by atoms with Crippen LogP contribution < -0.4 is 5.32 Å². The second-order valence-electron chi connectivity index (χ2n) is 4.65. The minimum atomic E-state index is -0.0931. The number of nitrogens with zero attached hydrogens (tertiary/aromatic N) is 3. The standard InChI is InChI=1S/C11H20N4O/c1-15-10(12-9-14-15)7-13-11(8-16)5-3-2-4-6-11/h9,13,16H,2-8H2,1H3. The summed E-state index contributed by atoms with van der Waals surface area (Å²) < 4.78 is 1.76. The molecule has 1 aromatic rings. The van der Waals surface area contributed by atoms with Crippen molar-refractivity contribution in [2.75, 3.05) is 6.61 Å². The van der Waals surface area contributed by atoms with Crippen LogP contribution in [-0.4, -0.2) is 32.0 Å². The van der Waals surface area contributed by atoms with Crippen LogP contribution >= 0.6 is 0 Å². The molecule has 0 amide bonds. The van der Waals surface area contributed by atoms with Crippen molar-refractivity contribution in [2.24, 2.45) is 7.05 Å². The third-order valence-electron chi connectivity index (χ3n) is 3.54. The van der Waals surface area contributed by atoms with Gasteiger partial charge in [-0.25, -0.2) is 4.98 Å². The van der Waals surface area contributed by atoms with Gasteiger partial charge in [-0.05, 0) is 12.8 Å². The van der Waals surface area contributed by atoms with E-state index in [1.807, 2.05) is 7.05 Å². The van der Waals surface area contributed by atoms with Crippen LogP contribution in [0.15, 0.2) is 6.33 Å². The molecule has 0 radical (unpaired) electrons. The van der Waals surface area contributed by atoms with E-state index in [4.69, 9.17) is 0 Å². The average Bonchev–Trinajstić information content (AvgIpc) is 2.74. The van der Waals surface area contributed by atoms with E-state index in [-0.39, 0.29) is 12.1 Å². The quantitative estimate of drug-likeness (QED) is 0.786. The number of rotatable bonds is 4. The predicted octanol–water partition coefficient (Wildman–Crippen LogP) is 0.600. The molecule has 1 heterocycles. The Kier molecular flexibility index (Phi) is 3.56. The van der Waals surface area contributed by atoms with Gasteiger partial charge in [-0.2, -0.15) is 5.10 Å². The van der Waals surface area contributed by atoms with Gasteiger partial charge < -0.3 is 10.4 Å². The Morgan fingerprint density at radius 3 is 2.75 bits per heavy atom.